The molecule has 3 saturated heterocycles. The normalized spacial score (nSPS) is 30.3. The monoisotopic (exact) mass is 408 g/mol. The van der Waals surface area contributed by atoms with Gasteiger partial charge in [-0.15, -0.1) is 0 Å². The summed E-state index contributed by atoms with van der Waals surface area (Å²) in [5.74, 6) is 0.598. The standard InChI is InChI=1S/C29H32N2/c1-19-16-27-25(17-24(19)28-21(3)30-15-14-29(28,4)18-20(30)2)23-12-8-9-13-26(23)31(27)22-10-6-5-7-11-22/h5-13,16-17,20-21,28H,14-15,18H2,1-4H3. The lowest BCUT2D eigenvalue weighted by Gasteiger charge is -2.59. The average Bonchev–Trinajstić information content (AvgIpc) is 3.07. The quantitative estimate of drug-likeness (QED) is 0.344. The molecule has 4 heterocycles. The number of fused-ring (bicyclic) bond motifs is 6. The molecule has 5 atom stereocenters. The van der Waals surface area contributed by atoms with Crippen LogP contribution in [-0.2, 0) is 0 Å². The van der Waals surface area contributed by atoms with Crippen LogP contribution in [0.25, 0.3) is 27.5 Å². The van der Waals surface area contributed by atoms with Crippen molar-refractivity contribution in [2.24, 2.45) is 5.41 Å². The Kier molecular flexibility index (Phi) is 4.14. The minimum atomic E-state index is 0.393. The van der Waals surface area contributed by atoms with Gasteiger partial charge >= 0.3 is 0 Å². The van der Waals surface area contributed by atoms with Crippen LogP contribution in [0.3, 0.4) is 0 Å². The Morgan fingerprint density at radius 2 is 1.61 bits per heavy atom. The molecule has 31 heavy (non-hydrogen) atoms. The van der Waals surface area contributed by atoms with E-state index >= 15 is 0 Å². The Bertz CT molecular complexity index is 1280. The Morgan fingerprint density at radius 3 is 2.35 bits per heavy atom. The zero-order chi connectivity index (χ0) is 21.3. The van der Waals surface area contributed by atoms with Gasteiger partial charge in [-0.3, -0.25) is 4.90 Å². The third-order valence-electron chi connectivity index (χ3n) is 8.44. The second kappa shape index (κ2) is 6.71. The van der Waals surface area contributed by atoms with Crippen molar-refractivity contribution in [3.8, 4) is 5.69 Å². The van der Waals surface area contributed by atoms with Crippen LogP contribution >= 0.6 is 0 Å². The first-order valence-electron chi connectivity index (χ1n) is 11.8. The topological polar surface area (TPSA) is 8.17 Å². The zero-order valence-corrected chi connectivity index (χ0v) is 19.1. The molecule has 4 aromatic rings. The highest BCUT2D eigenvalue weighted by molar-refractivity contribution is 6.09. The first kappa shape index (κ1) is 19.1. The minimum Gasteiger partial charge on any atom is -0.309 e. The summed E-state index contributed by atoms with van der Waals surface area (Å²) in [7, 11) is 0. The first-order chi connectivity index (χ1) is 15.0. The molecule has 1 aromatic heterocycles. The summed E-state index contributed by atoms with van der Waals surface area (Å²) >= 11 is 0. The number of hydrogen-bond donors (Lipinski definition) is 0. The number of hydrogen-bond acceptors (Lipinski definition) is 1. The van der Waals surface area contributed by atoms with E-state index in [-0.39, 0.29) is 0 Å². The number of rotatable bonds is 2. The lowest BCUT2D eigenvalue weighted by molar-refractivity contribution is -0.0623. The molecule has 0 saturated carbocycles. The maximum absolute atomic E-state index is 2.76. The Balaban J connectivity index is 1.61. The number of nitrogens with zero attached hydrogens (tertiary/aromatic N) is 2. The van der Waals surface area contributed by atoms with Crippen molar-refractivity contribution >= 4 is 21.8 Å². The van der Waals surface area contributed by atoms with Gasteiger partial charge in [0.15, 0.2) is 0 Å². The van der Waals surface area contributed by atoms with Crippen LogP contribution < -0.4 is 0 Å². The van der Waals surface area contributed by atoms with E-state index in [4.69, 9.17) is 0 Å². The van der Waals surface area contributed by atoms with E-state index in [2.05, 4.69) is 104 Å². The van der Waals surface area contributed by atoms with Crippen LogP contribution in [0.15, 0.2) is 66.7 Å². The Hall–Kier alpha value is -2.58. The summed E-state index contributed by atoms with van der Waals surface area (Å²) in [6.45, 7) is 11.0. The zero-order valence-electron chi connectivity index (χ0n) is 19.1. The van der Waals surface area contributed by atoms with E-state index in [9.17, 15) is 0 Å². The van der Waals surface area contributed by atoms with Gasteiger partial charge in [0.25, 0.3) is 0 Å². The van der Waals surface area contributed by atoms with E-state index in [1.54, 1.807) is 5.56 Å². The molecule has 7 rings (SSSR count). The number of para-hydroxylation sites is 2. The van der Waals surface area contributed by atoms with Crippen LogP contribution in [0.1, 0.15) is 50.7 Å². The van der Waals surface area contributed by atoms with Gasteiger partial charge in [-0.25, -0.2) is 0 Å². The molecule has 3 fully saturated rings. The molecule has 5 unspecified atom stereocenters. The largest absolute Gasteiger partial charge is 0.309 e. The van der Waals surface area contributed by atoms with Crippen molar-refractivity contribution < 1.29 is 0 Å². The van der Waals surface area contributed by atoms with Gasteiger partial charge in [-0.05, 0) is 87.0 Å². The van der Waals surface area contributed by atoms with Gasteiger partial charge in [-0.2, -0.15) is 0 Å². The first-order valence-corrected chi connectivity index (χ1v) is 11.8. The fourth-order valence-corrected chi connectivity index (χ4v) is 7.12. The van der Waals surface area contributed by atoms with Crippen LogP contribution in [0.5, 0.6) is 0 Å². The number of aromatic nitrogens is 1. The highest BCUT2D eigenvalue weighted by Crippen LogP contribution is 2.55. The van der Waals surface area contributed by atoms with Crippen LogP contribution in [0, 0.1) is 12.3 Å². The van der Waals surface area contributed by atoms with Gasteiger partial charge < -0.3 is 4.57 Å². The molecule has 0 radical (unpaired) electrons. The molecule has 0 aliphatic carbocycles. The Morgan fingerprint density at radius 1 is 0.871 bits per heavy atom. The number of benzene rings is 3. The second-order valence-corrected chi connectivity index (χ2v) is 10.3. The minimum absolute atomic E-state index is 0.393. The highest BCUT2D eigenvalue weighted by atomic mass is 15.2. The van der Waals surface area contributed by atoms with E-state index in [1.807, 2.05) is 0 Å². The molecule has 3 aliphatic rings. The predicted molar refractivity (Wildman–Crippen MR) is 131 cm³/mol. The molecule has 158 valence electrons. The highest BCUT2D eigenvalue weighted by Gasteiger charge is 2.51. The van der Waals surface area contributed by atoms with Gasteiger partial charge in [0, 0.05) is 34.5 Å². The Labute approximate surface area is 185 Å². The average molecular weight is 409 g/mol. The lowest BCUT2D eigenvalue weighted by atomic mass is 9.58. The number of aryl methyl sites for hydroxylation is 1. The summed E-state index contributed by atoms with van der Waals surface area (Å²) in [4.78, 5) is 2.76. The second-order valence-electron chi connectivity index (χ2n) is 10.3. The van der Waals surface area contributed by atoms with E-state index in [0.29, 0.717) is 23.4 Å². The van der Waals surface area contributed by atoms with Crippen molar-refractivity contribution in [1.82, 2.24) is 9.47 Å². The maximum Gasteiger partial charge on any atom is 0.0543 e. The molecule has 0 spiro atoms. The van der Waals surface area contributed by atoms with Gasteiger partial charge in [0.05, 0.1) is 11.0 Å². The van der Waals surface area contributed by atoms with Crippen molar-refractivity contribution in [2.45, 2.75) is 58.5 Å². The fraction of sp³-hybridized carbons (Fsp3) is 0.379. The van der Waals surface area contributed by atoms with Crippen molar-refractivity contribution in [3.63, 3.8) is 0 Å². The molecular formula is C29H32N2. The summed E-state index contributed by atoms with van der Waals surface area (Å²) in [6, 6.07) is 26.0. The van der Waals surface area contributed by atoms with Crippen molar-refractivity contribution in [1.29, 1.82) is 0 Å². The molecule has 0 amide bonds. The van der Waals surface area contributed by atoms with Crippen molar-refractivity contribution in [2.75, 3.05) is 6.54 Å². The predicted octanol–water partition coefficient (Wildman–Crippen LogP) is 7.07. The molecule has 3 aromatic carbocycles. The summed E-state index contributed by atoms with van der Waals surface area (Å²) in [6.07, 6.45) is 2.63. The summed E-state index contributed by atoms with van der Waals surface area (Å²) in [5.41, 5.74) is 7.24. The van der Waals surface area contributed by atoms with Gasteiger partial charge in [0.2, 0.25) is 0 Å². The van der Waals surface area contributed by atoms with Gasteiger partial charge in [-0.1, -0.05) is 43.3 Å². The van der Waals surface area contributed by atoms with Gasteiger partial charge in [0.1, 0.15) is 0 Å². The molecule has 3 aliphatic heterocycles. The van der Waals surface area contributed by atoms with Crippen molar-refractivity contribution in [3.05, 3.63) is 77.9 Å². The third kappa shape index (κ3) is 2.67. The molecule has 0 N–H and O–H groups in total. The summed E-state index contributed by atoms with van der Waals surface area (Å²) in [5, 5.41) is 2.75. The number of piperidine rings is 3. The summed E-state index contributed by atoms with van der Waals surface area (Å²) < 4.78 is 2.44. The molecular weight excluding hydrogens is 376 g/mol. The fourth-order valence-electron chi connectivity index (χ4n) is 7.12. The van der Waals surface area contributed by atoms with Crippen LogP contribution in [-0.4, -0.2) is 28.1 Å². The van der Waals surface area contributed by atoms with Crippen LogP contribution in [0.4, 0.5) is 0 Å². The molecule has 2 heteroatoms. The SMILES string of the molecule is Cc1cc2c(cc1C1C(C)N3CCC1(C)CC3C)c1ccccc1n2-c1ccccc1. The molecule has 2 nitrogen and oxygen atoms in total. The lowest BCUT2D eigenvalue weighted by Crippen LogP contribution is -2.60. The maximum atomic E-state index is 2.76. The smallest absolute Gasteiger partial charge is 0.0543 e. The van der Waals surface area contributed by atoms with E-state index in [0.717, 1.165) is 0 Å². The third-order valence-corrected chi connectivity index (χ3v) is 8.44. The van der Waals surface area contributed by atoms with E-state index < -0.39 is 0 Å². The van der Waals surface area contributed by atoms with E-state index in [1.165, 1.54) is 52.4 Å². The van der Waals surface area contributed by atoms with Crippen LogP contribution in [0.2, 0.25) is 0 Å². The molecule has 2 bridgehead atoms.